The molecule has 0 spiro atoms. The molecule has 1 N–H and O–H groups in total. The first-order chi connectivity index (χ1) is 6.74. The number of alkyl halides is 1. The maximum atomic E-state index is 11.3. The molecule has 6 heteroatoms. The highest BCUT2D eigenvalue weighted by Gasteiger charge is 2.10. The first-order valence-corrected chi connectivity index (χ1v) is 4.49. The average molecular weight is 219 g/mol. The van der Waals surface area contributed by atoms with E-state index in [1.54, 1.807) is 7.11 Å². The van der Waals surface area contributed by atoms with Crippen LogP contribution in [0.15, 0.2) is 16.9 Å². The molecule has 1 aromatic heterocycles. The fourth-order valence-corrected chi connectivity index (χ4v) is 1.07. The van der Waals surface area contributed by atoms with Gasteiger partial charge in [0.1, 0.15) is 6.26 Å². The van der Waals surface area contributed by atoms with Crippen LogP contribution in [0, 0.1) is 0 Å². The van der Waals surface area contributed by atoms with Crippen molar-refractivity contribution in [3.8, 4) is 0 Å². The molecule has 0 aliphatic rings. The Balaban J connectivity index is 2.28. The molecule has 0 saturated carbocycles. The lowest BCUT2D eigenvalue weighted by Gasteiger charge is -2.08. The zero-order valence-electron chi connectivity index (χ0n) is 7.70. The highest BCUT2D eigenvalue weighted by molar-refractivity contribution is 6.21. The number of amides is 1. The molecule has 1 aromatic rings. The van der Waals surface area contributed by atoms with E-state index in [0.717, 1.165) is 0 Å². The summed E-state index contributed by atoms with van der Waals surface area (Å²) in [4.78, 5) is 11.3. The number of nitrogens with zero attached hydrogens (tertiary/aromatic N) is 1. The van der Waals surface area contributed by atoms with Crippen molar-refractivity contribution in [3.63, 3.8) is 0 Å². The summed E-state index contributed by atoms with van der Waals surface area (Å²) in [6.45, 7) is 0.724. The normalized spacial score (nSPS) is 12.4. The summed E-state index contributed by atoms with van der Waals surface area (Å²) < 4.78 is 9.33. The molecule has 0 radical (unpaired) electrons. The van der Waals surface area contributed by atoms with Crippen LogP contribution in [-0.2, 0) is 4.74 Å². The van der Waals surface area contributed by atoms with Gasteiger partial charge in [-0.2, -0.15) is 0 Å². The van der Waals surface area contributed by atoms with E-state index >= 15 is 0 Å². The number of carbonyl (C=O) groups is 1. The lowest BCUT2D eigenvalue weighted by molar-refractivity contribution is 0.0940. The van der Waals surface area contributed by atoms with Gasteiger partial charge < -0.3 is 14.6 Å². The summed E-state index contributed by atoms with van der Waals surface area (Å²) in [6, 6.07) is 1.48. The van der Waals surface area contributed by atoms with Gasteiger partial charge in [0, 0.05) is 19.7 Å². The van der Waals surface area contributed by atoms with Crippen LogP contribution in [0.2, 0.25) is 0 Å². The number of aromatic nitrogens is 1. The Morgan fingerprint density at radius 1 is 1.86 bits per heavy atom. The fourth-order valence-electron chi connectivity index (χ4n) is 0.863. The summed E-state index contributed by atoms with van der Waals surface area (Å²) in [6.07, 6.45) is 1.34. The Hall–Kier alpha value is -1.07. The number of methoxy groups -OCH3 is 1. The highest BCUT2D eigenvalue weighted by Crippen LogP contribution is 1.97. The molecule has 0 fully saturated rings. The van der Waals surface area contributed by atoms with E-state index in [9.17, 15) is 4.79 Å². The topological polar surface area (TPSA) is 64.4 Å². The summed E-state index contributed by atoms with van der Waals surface area (Å²) in [7, 11) is 1.55. The standard InChI is InChI=1S/C8H11ClN2O3/c1-13-5-6(9)4-10-8(12)7-2-3-14-11-7/h2-3,6H,4-5H2,1H3,(H,10,12). The van der Waals surface area contributed by atoms with Gasteiger partial charge in [-0.25, -0.2) is 0 Å². The van der Waals surface area contributed by atoms with E-state index in [2.05, 4.69) is 15.0 Å². The molecule has 1 unspecified atom stereocenters. The molecular weight excluding hydrogens is 208 g/mol. The minimum absolute atomic E-state index is 0.240. The lowest BCUT2D eigenvalue weighted by atomic mass is 10.4. The Labute approximate surface area is 86.3 Å². The van der Waals surface area contributed by atoms with Gasteiger partial charge in [0.2, 0.25) is 0 Å². The lowest BCUT2D eigenvalue weighted by Crippen LogP contribution is -2.31. The number of ether oxygens (including phenoxy) is 1. The van der Waals surface area contributed by atoms with Crippen LogP contribution in [0.3, 0.4) is 0 Å². The number of hydrogen-bond donors (Lipinski definition) is 1. The molecule has 0 aliphatic carbocycles. The number of nitrogens with one attached hydrogen (secondary N) is 1. The molecule has 1 heterocycles. The van der Waals surface area contributed by atoms with Gasteiger partial charge in [-0.05, 0) is 0 Å². The van der Waals surface area contributed by atoms with Crippen molar-refractivity contribution in [2.75, 3.05) is 20.3 Å². The molecular formula is C8H11ClN2O3. The first-order valence-electron chi connectivity index (χ1n) is 4.05. The van der Waals surface area contributed by atoms with Crippen molar-refractivity contribution in [2.45, 2.75) is 5.38 Å². The predicted molar refractivity (Wildman–Crippen MR) is 50.4 cm³/mol. The molecule has 1 atom stereocenters. The minimum atomic E-state index is -0.305. The highest BCUT2D eigenvalue weighted by atomic mass is 35.5. The van der Waals surface area contributed by atoms with Gasteiger partial charge >= 0.3 is 0 Å². The van der Waals surface area contributed by atoms with Crippen molar-refractivity contribution in [2.24, 2.45) is 0 Å². The van der Waals surface area contributed by atoms with E-state index in [1.165, 1.54) is 12.3 Å². The van der Waals surface area contributed by atoms with Gasteiger partial charge in [0.15, 0.2) is 5.69 Å². The number of hydrogen-bond acceptors (Lipinski definition) is 4. The van der Waals surface area contributed by atoms with E-state index in [-0.39, 0.29) is 17.0 Å². The van der Waals surface area contributed by atoms with Gasteiger partial charge in [0.05, 0.1) is 12.0 Å². The summed E-state index contributed by atoms with van der Waals surface area (Å²) in [5.74, 6) is -0.305. The second-order valence-electron chi connectivity index (χ2n) is 2.65. The second-order valence-corrected chi connectivity index (χ2v) is 3.26. The van der Waals surface area contributed by atoms with Gasteiger partial charge in [0.25, 0.3) is 5.91 Å². The molecule has 14 heavy (non-hydrogen) atoms. The van der Waals surface area contributed by atoms with Gasteiger partial charge in [-0.1, -0.05) is 5.16 Å². The van der Waals surface area contributed by atoms with Crippen LogP contribution in [0.4, 0.5) is 0 Å². The van der Waals surface area contributed by atoms with Crippen LogP contribution in [0.5, 0.6) is 0 Å². The Morgan fingerprint density at radius 2 is 2.64 bits per heavy atom. The van der Waals surface area contributed by atoms with Crippen molar-refractivity contribution >= 4 is 17.5 Å². The smallest absolute Gasteiger partial charge is 0.273 e. The van der Waals surface area contributed by atoms with E-state index < -0.39 is 0 Å². The molecule has 0 bridgehead atoms. The maximum Gasteiger partial charge on any atom is 0.273 e. The van der Waals surface area contributed by atoms with E-state index in [4.69, 9.17) is 16.3 Å². The van der Waals surface area contributed by atoms with Crippen LogP contribution >= 0.6 is 11.6 Å². The molecule has 0 aromatic carbocycles. The third kappa shape index (κ3) is 3.35. The molecule has 1 rings (SSSR count). The molecule has 1 amide bonds. The second kappa shape index (κ2) is 5.62. The van der Waals surface area contributed by atoms with E-state index in [0.29, 0.717) is 13.2 Å². The third-order valence-corrected chi connectivity index (χ3v) is 1.78. The van der Waals surface area contributed by atoms with Crippen molar-refractivity contribution < 1.29 is 14.1 Å². The van der Waals surface area contributed by atoms with Crippen molar-refractivity contribution in [1.29, 1.82) is 0 Å². The number of rotatable bonds is 5. The molecule has 78 valence electrons. The molecule has 5 nitrogen and oxygen atoms in total. The third-order valence-electron chi connectivity index (χ3n) is 1.50. The maximum absolute atomic E-state index is 11.3. The Kier molecular flexibility index (Phi) is 4.42. The van der Waals surface area contributed by atoms with Crippen LogP contribution in [0.25, 0.3) is 0 Å². The number of halogens is 1. The largest absolute Gasteiger partial charge is 0.383 e. The van der Waals surface area contributed by atoms with Crippen molar-refractivity contribution in [1.82, 2.24) is 10.5 Å². The van der Waals surface area contributed by atoms with Gasteiger partial charge in [-0.15, -0.1) is 11.6 Å². The summed E-state index contributed by atoms with van der Waals surface area (Å²) in [5, 5.41) is 5.84. The quantitative estimate of drug-likeness (QED) is 0.738. The van der Waals surface area contributed by atoms with Crippen LogP contribution in [0.1, 0.15) is 10.5 Å². The predicted octanol–water partition coefficient (Wildman–Crippen LogP) is 0.658. The van der Waals surface area contributed by atoms with Crippen molar-refractivity contribution in [3.05, 3.63) is 18.0 Å². The summed E-state index contributed by atoms with van der Waals surface area (Å²) in [5.41, 5.74) is 0.242. The van der Waals surface area contributed by atoms with Crippen LogP contribution in [-0.4, -0.2) is 36.7 Å². The Bertz CT molecular complexity index is 276. The number of carbonyl (C=O) groups excluding carboxylic acids is 1. The van der Waals surface area contributed by atoms with Gasteiger partial charge in [-0.3, -0.25) is 4.79 Å². The van der Waals surface area contributed by atoms with Crippen LogP contribution < -0.4 is 5.32 Å². The minimum Gasteiger partial charge on any atom is -0.383 e. The monoisotopic (exact) mass is 218 g/mol. The average Bonchev–Trinajstić information content (AvgIpc) is 2.67. The zero-order chi connectivity index (χ0) is 10.4. The Morgan fingerprint density at radius 3 is 3.21 bits per heavy atom. The van der Waals surface area contributed by atoms with E-state index in [1.807, 2.05) is 0 Å². The zero-order valence-corrected chi connectivity index (χ0v) is 8.45. The first kappa shape index (κ1) is 11.0. The summed E-state index contributed by atoms with van der Waals surface area (Å²) >= 11 is 5.80. The SMILES string of the molecule is COCC(Cl)CNC(=O)c1ccon1. The molecule has 0 saturated heterocycles. The molecule has 0 aliphatic heterocycles. The fraction of sp³-hybridized carbons (Fsp3) is 0.500.